The Morgan fingerprint density at radius 2 is 1.42 bits per heavy atom. The number of benzene rings is 3. The van der Waals surface area contributed by atoms with Gasteiger partial charge in [0.25, 0.3) is 0 Å². The van der Waals surface area contributed by atoms with E-state index in [1.165, 1.54) is 0 Å². The number of carbonyl (C=O) groups excluding carboxylic acids is 2. The van der Waals surface area contributed by atoms with Gasteiger partial charge in [-0.2, -0.15) is 0 Å². The minimum absolute atomic E-state index is 0.117. The number of halogens is 1. The van der Waals surface area contributed by atoms with Crippen molar-refractivity contribution in [1.29, 1.82) is 0 Å². The Bertz CT molecular complexity index is 1250. The monoisotopic (exact) mass is 497 g/mol. The van der Waals surface area contributed by atoms with E-state index in [1.807, 2.05) is 84.9 Å². The zero-order valence-electron chi connectivity index (χ0n) is 19.9. The van der Waals surface area contributed by atoms with Crippen molar-refractivity contribution in [3.05, 3.63) is 137 Å². The van der Waals surface area contributed by atoms with Crippen LogP contribution in [0.5, 0.6) is 0 Å². The number of aromatic nitrogens is 1. The van der Waals surface area contributed by atoms with Gasteiger partial charge in [0, 0.05) is 36.9 Å². The third kappa shape index (κ3) is 7.27. The lowest BCUT2D eigenvalue weighted by Crippen LogP contribution is -2.50. The number of nitrogens with zero attached hydrogens (tertiary/aromatic N) is 2. The molecule has 3 aromatic carbocycles. The van der Waals surface area contributed by atoms with Crippen molar-refractivity contribution < 1.29 is 9.59 Å². The van der Waals surface area contributed by atoms with Crippen LogP contribution in [0.3, 0.4) is 0 Å². The van der Waals surface area contributed by atoms with E-state index in [0.717, 1.165) is 22.3 Å². The summed E-state index contributed by atoms with van der Waals surface area (Å²) in [5, 5.41) is 3.64. The van der Waals surface area contributed by atoms with Crippen molar-refractivity contribution in [2.75, 3.05) is 0 Å². The molecule has 182 valence electrons. The molecule has 36 heavy (non-hydrogen) atoms. The van der Waals surface area contributed by atoms with Gasteiger partial charge in [-0.15, -0.1) is 0 Å². The first-order valence-corrected chi connectivity index (χ1v) is 12.2. The number of nitrogens with one attached hydrogen (secondary N) is 1. The maximum absolute atomic E-state index is 13.7. The molecular formula is C30H28ClN3O2. The van der Waals surface area contributed by atoms with E-state index < -0.39 is 6.04 Å². The lowest BCUT2D eigenvalue weighted by atomic mass is 10.0. The Morgan fingerprint density at radius 1 is 0.778 bits per heavy atom. The Hall–Kier alpha value is -3.96. The van der Waals surface area contributed by atoms with Crippen LogP contribution in [0.4, 0.5) is 0 Å². The van der Waals surface area contributed by atoms with Crippen molar-refractivity contribution in [3.63, 3.8) is 0 Å². The molecule has 2 amide bonds. The van der Waals surface area contributed by atoms with Gasteiger partial charge in [-0.25, -0.2) is 0 Å². The summed E-state index contributed by atoms with van der Waals surface area (Å²) in [6.07, 6.45) is 4.02. The summed E-state index contributed by atoms with van der Waals surface area (Å²) >= 11 is 6.09. The van der Waals surface area contributed by atoms with Crippen LogP contribution in [-0.4, -0.2) is 27.7 Å². The number of pyridine rings is 1. The summed E-state index contributed by atoms with van der Waals surface area (Å²) < 4.78 is 0. The van der Waals surface area contributed by atoms with Gasteiger partial charge in [0.1, 0.15) is 6.04 Å². The van der Waals surface area contributed by atoms with E-state index in [0.29, 0.717) is 24.5 Å². The molecule has 0 bridgehead atoms. The van der Waals surface area contributed by atoms with Crippen LogP contribution in [-0.2, 0) is 35.5 Å². The molecule has 0 aliphatic heterocycles. The van der Waals surface area contributed by atoms with Crippen LogP contribution in [0.1, 0.15) is 22.3 Å². The fraction of sp³-hybridized carbons (Fsp3) is 0.167. The zero-order chi connectivity index (χ0) is 25.2. The Kier molecular flexibility index (Phi) is 8.84. The van der Waals surface area contributed by atoms with Gasteiger partial charge in [-0.05, 0) is 40.5 Å². The highest BCUT2D eigenvalue weighted by molar-refractivity contribution is 6.30. The number of rotatable bonds is 10. The second kappa shape index (κ2) is 12.7. The maximum Gasteiger partial charge on any atom is 0.243 e. The Morgan fingerprint density at radius 3 is 2.06 bits per heavy atom. The molecule has 0 aliphatic carbocycles. The fourth-order valence-electron chi connectivity index (χ4n) is 4.02. The van der Waals surface area contributed by atoms with E-state index in [-0.39, 0.29) is 18.2 Å². The average Bonchev–Trinajstić information content (AvgIpc) is 2.92. The SMILES string of the molecule is O=C(NCc1cccnc1)[C@@H](Cc1ccccc1)N(Cc1ccc(Cl)cc1)C(=O)Cc1ccccc1. The van der Waals surface area contributed by atoms with Crippen molar-refractivity contribution in [1.82, 2.24) is 15.2 Å². The van der Waals surface area contributed by atoms with E-state index in [4.69, 9.17) is 11.6 Å². The molecule has 0 saturated heterocycles. The topological polar surface area (TPSA) is 62.3 Å². The first-order valence-electron chi connectivity index (χ1n) is 11.9. The fourth-order valence-corrected chi connectivity index (χ4v) is 4.15. The minimum Gasteiger partial charge on any atom is -0.350 e. The van der Waals surface area contributed by atoms with E-state index in [1.54, 1.807) is 29.4 Å². The minimum atomic E-state index is -0.698. The second-order valence-electron chi connectivity index (χ2n) is 8.60. The first kappa shape index (κ1) is 25.1. The quantitative estimate of drug-likeness (QED) is 0.326. The average molecular weight is 498 g/mol. The predicted molar refractivity (Wildman–Crippen MR) is 142 cm³/mol. The van der Waals surface area contributed by atoms with Crippen LogP contribution >= 0.6 is 11.6 Å². The summed E-state index contributed by atoms with van der Waals surface area (Å²) in [5.74, 6) is -0.327. The third-order valence-corrected chi connectivity index (χ3v) is 6.18. The molecule has 0 aliphatic rings. The lowest BCUT2D eigenvalue weighted by Gasteiger charge is -2.31. The molecule has 1 aromatic heterocycles. The largest absolute Gasteiger partial charge is 0.350 e. The number of hydrogen-bond donors (Lipinski definition) is 1. The van der Waals surface area contributed by atoms with Crippen molar-refractivity contribution in [2.45, 2.75) is 32.0 Å². The molecule has 0 spiro atoms. The van der Waals surface area contributed by atoms with E-state index in [9.17, 15) is 9.59 Å². The van der Waals surface area contributed by atoms with Crippen LogP contribution in [0.15, 0.2) is 109 Å². The number of amides is 2. The molecule has 0 saturated carbocycles. The smallest absolute Gasteiger partial charge is 0.243 e. The van der Waals surface area contributed by atoms with Gasteiger partial charge in [0.2, 0.25) is 11.8 Å². The van der Waals surface area contributed by atoms with E-state index in [2.05, 4.69) is 10.3 Å². The summed E-state index contributed by atoms with van der Waals surface area (Å²) in [6.45, 7) is 0.625. The summed E-state index contributed by atoms with van der Waals surface area (Å²) in [7, 11) is 0. The number of hydrogen-bond acceptors (Lipinski definition) is 3. The lowest BCUT2D eigenvalue weighted by molar-refractivity contribution is -0.140. The Balaban J connectivity index is 1.63. The van der Waals surface area contributed by atoms with Crippen LogP contribution in [0.25, 0.3) is 0 Å². The molecule has 6 heteroatoms. The van der Waals surface area contributed by atoms with Gasteiger partial charge >= 0.3 is 0 Å². The van der Waals surface area contributed by atoms with Gasteiger partial charge in [-0.3, -0.25) is 14.6 Å². The highest BCUT2D eigenvalue weighted by Crippen LogP contribution is 2.18. The van der Waals surface area contributed by atoms with Crippen LogP contribution < -0.4 is 5.32 Å². The van der Waals surface area contributed by atoms with E-state index >= 15 is 0 Å². The molecular weight excluding hydrogens is 470 g/mol. The van der Waals surface area contributed by atoms with Crippen molar-refractivity contribution >= 4 is 23.4 Å². The van der Waals surface area contributed by atoms with Gasteiger partial charge in [-0.1, -0.05) is 90.5 Å². The predicted octanol–water partition coefficient (Wildman–Crippen LogP) is 5.23. The zero-order valence-corrected chi connectivity index (χ0v) is 20.6. The van der Waals surface area contributed by atoms with Gasteiger partial charge in [0.05, 0.1) is 6.42 Å². The summed E-state index contributed by atoms with van der Waals surface area (Å²) in [6, 6.07) is 29.8. The molecule has 1 atom stereocenters. The van der Waals surface area contributed by atoms with Crippen LogP contribution in [0.2, 0.25) is 5.02 Å². The first-order chi connectivity index (χ1) is 17.6. The molecule has 0 unspecified atom stereocenters. The van der Waals surface area contributed by atoms with Gasteiger partial charge < -0.3 is 10.2 Å². The molecule has 4 aromatic rings. The molecule has 0 fully saturated rings. The highest BCUT2D eigenvalue weighted by atomic mass is 35.5. The summed E-state index contributed by atoms with van der Waals surface area (Å²) in [5.41, 5.74) is 3.67. The van der Waals surface area contributed by atoms with Crippen LogP contribution in [0, 0.1) is 0 Å². The molecule has 1 N–H and O–H groups in total. The normalized spacial score (nSPS) is 11.5. The molecule has 5 nitrogen and oxygen atoms in total. The number of carbonyl (C=O) groups is 2. The third-order valence-electron chi connectivity index (χ3n) is 5.92. The standard InChI is InChI=1S/C30H28ClN3O2/c31-27-15-13-25(14-16-27)22-34(29(35)19-24-10-5-2-6-11-24)28(18-23-8-3-1-4-9-23)30(36)33-21-26-12-7-17-32-20-26/h1-17,20,28H,18-19,21-22H2,(H,33,36)/t28-/m1/s1. The highest BCUT2D eigenvalue weighted by Gasteiger charge is 2.30. The van der Waals surface area contributed by atoms with Gasteiger partial charge in [0.15, 0.2) is 0 Å². The summed E-state index contributed by atoms with van der Waals surface area (Å²) in [4.78, 5) is 33.1. The molecule has 0 radical (unpaired) electrons. The Labute approximate surface area is 216 Å². The van der Waals surface area contributed by atoms with Crippen molar-refractivity contribution in [3.8, 4) is 0 Å². The molecule has 1 heterocycles. The molecule has 4 rings (SSSR count). The maximum atomic E-state index is 13.7. The second-order valence-corrected chi connectivity index (χ2v) is 9.03. The van der Waals surface area contributed by atoms with Crippen molar-refractivity contribution in [2.24, 2.45) is 0 Å².